The Hall–Kier alpha value is -1.50. The lowest BCUT2D eigenvalue weighted by Gasteiger charge is -2.17. The van der Waals surface area contributed by atoms with Gasteiger partial charge in [-0.05, 0) is 6.92 Å². The maximum atomic E-state index is 12.9. The number of halogens is 2. The molecular weight excluding hydrogens is 210 g/mol. The van der Waals surface area contributed by atoms with Gasteiger partial charge >= 0.3 is 11.9 Å². The summed E-state index contributed by atoms with van der Waals surface area (Å²) in [6, 6.07) is 0. The number of alkyl halides is 2. The number of aliphatic hydroxyl groups excluding tert-OH is 1. The van der Waals surface area contributed by atoms with E-state index in [0.717, 1.165) is 6.20 Å². The van der Waals surface area contributed by atoms with E-state index in [4.69, 9.17) is 5.11 Å². The van der Waals surface area contributed by atoms with Crippen molar-refractivity contribution in [3.63, 3.8) is 0 Å². The van der Waals surface area contributed by atoms with Crippen LogP contribution < -0.4 is 0 Å². The molecule has 1 unspecified atom stereocenters. The summed E-state index contributed by atoms with van der Waals surface area (Å²) in [6.07, 6.45) is -1.22. The summed E-state index contributed by atoms with van der Waals surface area (Å²) < 4.78 is 27.1. The number of aliphatic hydroxyl groups is 1. The number of carboxylic acid groups (broad SMARTS) is 1. The zero-order valence-corrected chi connectivity index (χ0v) is 8.11. The van der Waals surface area contributed by atoms with Gasteiger partial charge in [0.05, 0.1) is 5.69 Å². The second-order valence-corrected chi connectivity index (χ2v) is 3.17. The minimum atomic E-state index is -4.21. The van der Waals surface area contributed by atoms with Crippen LogP contribution in [-0.4, -0.2) is 31.9 Å². The molecule has 0 aromatic carbocycles. The van der Waals surface area contributed by atoms with Crippen molar-refractivity contribution in [2.45, 2.75) is 19.0 Å². The molecule has 1 aromatic heterocycles. The Bertz CT molecular complexity index is 389. The van der Waals surface area contributed by atoms with Gasteiger partial charge in [-0.25, -0.2) is 4.79 Å². The van der Waals surface area contributed by atoms with Crippen LogP contribution in [0, 0.1) is 6.92 Å². The molecule has 1 atom stereocenters. The van der Waals surface area contributed by atoms with E-state index >= 15 is 0 Å². The molecule has 7 heteroatoms. The van der Waals surface area contributed by atoms with Crippen LogP contribution >= 0.6 is 0 Å². The minimum Gasteiger partial charge on any atom is -0.477 e. The van der Waals surface area contributed by atoms with Crippen molar-refractivity contribution in [3.8, 4) is 0 Å². The summed E-state index contributed by atoms with van der Waals surface area (Å²) in [4.78, 5) is 10.2. The van der Waals surface area contributed by atoms with Gasteiger partial charge in [-0.2, -0.15) is 13.9 Å². The Labute approximate surface area is 83.9 Å². The highest BCUT2D eigenvalue weighted by molar-refractivity contribution is 5.76. The van der Waals surface area contributed by atoms with Gasteiger partial charge in [0.15, 0.2) is 6.10 Å². The first kappa shape index (κ1) is 11.6. The molecular formula is C8H10F2N2O3. The van der Waals surface area contributed by atoms with Crippen molar-refractivity contribution in [3.05, 3.63) is 17.5 Å². The Morgan fingerprint density at radius 1 is 1.67 bits per heavy atom. The van der Waals surface area contributed by atoms with E-state index in [9.17, 15) is 18.7 Å². The van der Waals surface area contributed by atoms with Gasteiger partial charge in [-0.3, -0.25) is 4.68 Å². The normalized spacial score (nSPS) is 13.9. The number of rotatable bonds is 3. The zero-order chi connectivity index (χ0) is 11.8. The molecule has 0 aliphatic carbocycles. The predicted octanol–water partition coefficient (Wildman–Crippen LogP) is 0.482. The highest BCUT2D eigenvalue weighted by Crippen LogP contribution is 2.32. The number of aromatic nitrogens is 2. The van der Waals surface area contributed by atoms with Crippen LogP contribution in [-0.2, 0) is 11.8 Å². The number of carboxylic acids is 1. The third-order valence-corrected chi connectivity index (χ3v) is 1.97. The summed E-state index contributed by atoms with van der Waals surface area (Å²) in [6.45, 7) is 1.41. The first-order valence-electron chi connectivity index (χ1n) is 4.06. The molecule has 1 heterocycles. The van der Waals surface area contributed by atoms with Crippen LogP contribution in [0.1, 0.15) is 17.4 Å². The Kier molecular flexibility index (Phi) is 2.76. The molecule has 0 spiro atoms. The molecule has 84 valence electrons. The van der Waals surface area contributed by atoms with Crippen LogP contribution in [0.2, 0.25) is 0 Å². The number of hydrogen-bond donors (Lipinski definition) is 2. The van der Waals surface area contributed by atoms with E-state index in [1.54, 1.807) is 0 Å². The molecule has 0 fully saturated rings. The minimum absolute atomic E-state index is 0.172. The van der Waals surface area contributed by atoms with E-state index in [1.165, 1.54) is 18.7 Å². The maximum absolute atomic E-state index is 12.9. The molecule has 0 saturated carbocycles. The molecule has 1 rings (SSSR count). The van der Waals surface area contributed by atoms with Gasteiger partial charge in [0.25, 0.3) is 0 Å². The SMILES string of the molecule is Cc1nn(C)cc1C(O)C(F)(F)C(=O)O. The van der Waals surface area contributed by atoms with Gasteiger partial charge in [0.2, 0.25) is 0 Å². The van der Waals surface area contributed by atoms with Crippen LogP contribution in [0.5, 0.6) is 0 Å². The molecule has 0 radical (unpaired) electrons. The van der Waals surface area contributed by atoms with E-state index < -0.39 is 18.0 Å². The van der Waals surface area contributed by atoms with Crippen LogP contribution in [0.15, 0.2) is 6.20 Å². The standard InChI is InChI=1S/C8H10F2N2O3/c1-4-5(3-12(2)11-4)6(13)8(9,10)7(14)15/h3,6,13H,1-2H3,(H,14,15). The Morgan fingerprint density at radius 3 is 2.53 bits per heavy atom. The van der Waals surface area contributed by atoms with Gasteiger partial charge in [-0.1, -0.05) is 0 Å². The third kappa shape index (κ3) is 1.96. The van der Waals surface area contributed by atoms with Crippen molar-refractivity contribution in [1.29, 1.82) is 0 Å². The quantitative estimate of drug-likeness (QED) is 0.776. The van der Waals surface area contributed by atoms with E-state index in [0.29, 0.717) is 0 Å². The molecule has 1 aromatic rings. The molecule has 0 aliphatic rings. The largest absolute Gasteiger partial charge is 0.477 e. The van der Waals surface area contributed by atoms with E-state index in [1.807, 2.05) is 0 Å². The smallest absolute Gasteiger partial charge is 0.377 e. The molecule has 0 amide bonds. The molecule has 0 bridgehead atoms. The third-order valence-electron chi connectivity index (χ3n) is 1.97. The van der Waals surface area contributed by atoms with Gasteiger partial charge in [-0.15, -0.1) is 0 Å². The number of nitrogens with zero attached hydrogens (tertiary/aromatic N) is 2. The van der Waals surface area contributed by atoms with Crippen molar-refractivity contribution >= 4 is 5.97 Å². The fraction of sp³-hybridized carbons (Fsp3) is 0.500. The van der Waals surface area contributed by atoms with Crippen molar-refractivity contribution in [2.75, 3.05) is 0 Å². The highest BCUT2D eigenvalue weighted by atomic mass is 19.3. The first-order valence-corrected chi connectivity index (χ1v) is 4.06. The maximum Gasteiger partial charge on any atom is 0.377 e. The zero-order valence-electron chi connectivity index (χ0n) is 8.11. The van der Waals surface area contributed by atoms with Gasteiger partial charge < -0.3 is 10.2 Å². The molecule has 2 N–H and O–H groups in total. The highest BCUT2D eigenvalue weighted by Gasteiger charge is 2.48. The fourth-order valence-corrected chi connectivity index (χ4v) is 1.20. The Balaban J connectivity index is 3.09. The van der Waals surface area contributed by atoms with Crippen molar-refractivity contribution in [2.24, 2.45) is 7.05 Å². The lowest BCUT2D eigenvalue weighted by molar-refractivity contribution is -0.182. The van der Waals surface area contributed by atoms with E-state index in [2.05, 4.69) is 5.10 Å². The van der Waals surface area contributed by atoms with Gasteiger partial charge in [0.1, 0.15) is 0 Å². The summed E-state index contributed by atoms with van der Waals surface area (Å²) >= 11 is 0. The second-order valence-electron chi connectivity index (χ2n) is 3.17. The number of aryl methyl sites for hydroxylation is 2. The van der Waals surface area contributed by atoms with Crippen LogP contribution in [0.25, 0.3) is 0 Å². The molecule has 0 aliphatic heterocycles. The molecule has 5 nitrogen and oxygen atoms in total. The summed E-state index contributed by atoms with van der Waals surface area (Å²) in [7, 11) is 1.49. The van der Waals surface area contributed by atoms with Crippen LogP contribution in [0.4, 0.5) is 8.78 Å². The Morgan fingerprint density at radius 2 is 2.20 bits per heavy atom. The summed E-state index contributed by atoms with van der Waals surface area (Å²) in [5.74, 6) is -6.58. The number of hydrogen-bond acceptors (Lipinski definition) is 3. The average molecular weight is 220 g/mol. The molecule has 0 saturated heterocycles. The van der Waals surface area contributed by atoms with Gasteiger partial charge in [0, 0.05) is 18.8 Å². The van der Waals surface area contributed by atoms with Crippen molar-refractivity contribution in [1.82, 2.24) is 9.78 Å². The lowest BCUT2D eigenvalue weighted by Crippen LogP contribution is -2.35. The molecule has 15 heavy (non-hydrogen) atoms. The lowest BCUT2D eigenvalue weighted by atomic mass is 10.1. The number of aliphatic carboxylic acids is 1. The second kappa shape index (κ2) is 3.58. The summed E-state index contributed by atoms with van der Waals surface area (Å²) in [5, 5.41) is 21.2. The summed E-state index contributed by atoms with van der Waals surface area (Å²) in [5.41, 5.74) is -0.0178. The van der Waals surface area contributed by atoms with Crippen molar-refractivity contribution < 1.29 is 23.8 Å². The fourth-order valence-electron chi connectivity index (χ4n) is 1.20. The first-order chi connectivity index (χ1) is 6.76. The topological polar surface area (TPSA) is 75.3 Å². The number of carbonyl (C=O) groups is 1. The predicted molar refractivity (Wildman–Crippen MR) is 45.5 cm³/mol. The average Bonchev–Trinajstić information content (AvgIpc) is 2.43. The monoisotopic (exact) mass is 220 g/mol. The van der Waals surface area contributed by atoms with Crippen LogP contribution in [0.3, 0.4) is 0 Å². The van der Waals surface area contributed by atoms with E-state index in [-0.39, 0.29) is 11.3 Å².